The summed E-state index contributed by atoms with van der Waals surface area (Å²) in [6.07, 6.45) is -5.39. The largest absolute Gasteiger partial charge is 0.443 e. The van der Waals surface area contributed by atoms with E-state index in [1.807, 2.05) is 0 Å². The van der Waals surface area contributed by atoms with E-state index < -0.39 is 40.2 Å². The molecule has 4 saturated carbocycles. The first kappa shape index (κ1) is 21.2. The van der Waals surface area contributed by atoms with E-state index in [0.717, 1.165) is 18.8 Å². The highest BCUT2D eigenvalue weighted by Gasteiger charge is 2.66. The Morgan fingerprint density at radius 3 is 2.21 bits per heavy atom. The van der Waals surface area contributed by atoms with Gasteiger partial charge >= 0.3 is 27.5 Å². The van der Waals surface area contributed by atoms with Crippen LogP contribution in [-0.4, -0.2) is 49.2 Å². The molecule has 0 amide bonds. The minimum absolute atomic E-state index is 0.200. The van der Waals surface area contributed by atoms with Crippen molar-refractivity contribution in [2.75, 3.05) is 6.61 Å². The molecule has 12 heteroatoms. The summed E-state index contributed by atoms with van der Waals surface area (Å²) in [5.74, 6) is 1.36. The summed E-state index contributed by atoms with van der Waals surface area (Å²) < 4.78 is 104. The third-order valence-electron chi connectivity index (χ3n) is 7.28. The van der Waals surface area contributed by atoms with Crippen molar-refractivity contribution in [2.24, 2.45) is 35.5 Å². The number of rotatable bonds is 6. The summed E-state index contributed by atoms with van der Waals surface area (Å²) in [5, 5.41) is -5.73. The highest BCUT2D eigenvalue weighted by atomic mass is 32.2. The first-order valence-corrected chi connectivity index (χ1v) is 11.0. The summed E-state index contributed by atoms with van der Waals surface area (Å²) in [7, 11) is -6.45. The first-order valence-electron chi connectivity index (χ1n) is 9.53. The van der Waals surface area contributed by atoms with Crippen molar-refractivity contribution in [1.29, 1.82) is 0 Å². The molecule has 4 fully saturated rings. The predicted molar refractivity (Wildman–Crippen MR) is 86.2 cm³/mol. The van der Waals surface area contributed by atoms with E-state index in [9.17, 15) is 35.2 Å². The predicted octanol–water partition coefficient (Wildman–Crippen LogP) is 3.03. The van der Waals surface area contributed by atoms with Gasteiger partial charge in [-0.1, -0.05) is 0 Å². The van der Waals surface area contributed by atoms with Crippen molar-refractivity contribution in [3.05, 3.63) is 0 Å². The van der Waals surface area contributed by atoms with Gasteiger partial charge in [-0.15, -0.1) is 0 Å². The van der Waals surface area contributed by atoms with Crippen LogP contribution < -0.4 is 0 Å². The number of carbonyl (C=O) groups excluding carboxylic acids is 1. The van der Waals surface area contributed by atoms with Gasteiger partial charge in [0.15, 0.2) is 0 Å². The summed E-state index contributed by atoms with van der Waals surface area (Å²) in [6.45, 7) is -0.993. The molecule has 0 aromatic carbocycles. The van der Waals surface area contributed by atoms with Crippen LogP contribution in [-0.2, 0) is 24.4 Å². The first-order chi connectivity index (χ1) is 13.3. The van der Waals surface area contributed by atoms with Crippen LogP contribution in [0.25, 0.3) is 0 Å². The minimum Gasteiger partial charge on any atom is -0.443 e. The zero-order chi connectivity index (χ0) is 21.4. The van der Waals surface area contributed by atoms with Crippen LogP contribution in [0.1, 0.15) is 32.1 Å². The molecular formula is C17H21F5O6S. The number of hydrogen-bond donors (Lipinski definition) is 1. The van der Waals surface area contributed by atoms with Gasteiger partial charge in [-0.05, 0) is 67.6 Å². The number of carbonyl (C=O) groups is 1. The Morgan fingerprint density at radius 1 is 1.00 bits per heavy atom. The molecule has 4 rings (SSSR count). The van der Waals surface area contributed by atoms with Gasteiger partial charge in [-0.2, -0.15) is 30.4 Å². The Morgan fingerprint density at radius 2 is 1.62 bits per heavy atom. The highest BCUT2D eigenvalue weighted by Crippen LogP contribution is 2.67. The van der Waals surface area contributed by atoms with Crippen LogP contribution in [0, 0.1) is 35.5 Å². The van der Waals surface area contributed by atoms with E-state index in [-0.39, 0.29) is 12.0 Å². The second kappa shape index (κ2) is 6.74. The Labute approximate surface area is 163 Å². The maximum atomic E-state index is 13.5. The van der Waals surface area contributed by atoms with Crippen molar-refractivity contribution in [2.45, 2.75) is 55.7 Å². The van der Waals surface area contributed by atoms with Crippen molar-refractivity contribution in [3.63, 3.8) is 0 Å². The molecule has 1 N–H and O–H groups in total. The van der Waals surface area contributed by atoms with Gasteiger partial charge < -0.3 is 9.47 Å². The lowest BCUT2D eigenvalue weighted by Gasteiger charge is -2.38. The van der Waals surface area contributed by atoms with Crippen LogP contribution in [0.3, 0.4) is 0 Å². The van der Waals surface area contributed by atoms with E-state index in [4.69, 9.17) is 9.29 Å². The Balaban J connectivity index is 1.36. The molecule has 4 aliphatic carbocycles. The van der Waals surface area contributed by atoms with Gasteiger partial charge in [0.25, 0.3) is 6.10 Å². The van der Waals surface area contributed by atoms with Crippen LogP contribution in [0.15, 0.2) is 0 Å². The van der Waals surface area contributed by atoms with Crippen molar-refractivity contribution in [1.82, 2.24) is 0 Å². The zero-order valence-corrected chi connectivity index (χ0v) is 16.0. The van der Waals surface area contributed by atoms with Gasteiger partial charge in [0.1, 0.15) is 6.61 Å². The van der Waals surface area contributed by atoms with E-state index in [1.54, 1.807) is 0 Å². The number of ether oxygens (including phenoxy) is 2. The molecule has 0 saturated heterocycles. The lowest BCUT2D eigenvalue weighted by molar-refractivity contribution is -0.260. The van der Waals surface area contributed by atoms with Crippen molar-refractivity contribution in [3.8, 4) is 0 Å². The maximum absolute atomic E-state index is 13.5. The molecule has 0 aliphatic heterocycles. The molecule has 4 bridgehead atoms. The number of halogens is 5. The van der Waals surface area contributed by atoms with Crippen LogP contribution >= 0.6 is 0 Å². The third-order valence-corrected chi connectivity index (χ3v) is 8.19. The molecule has 4 aliphatic rings. The monoisotopic (exact) mass is 448 g/mol. The Bertz CT molecular complexity index is 784. The van der Waals surface area contributed by atoms with E-state index in [0.29, 0.717) is 30.1 Å². The standard InChI is InChI=1S/C17H21F5O6S/c18-16(19,20)15(17(21,22)29(24,25)26)28-12(23)6-27-11-5-9-4-10(11)14-8-2-1-7(3-8)13(9)14/h7-11,13-15H,1-6H2,(H,24,25,26). The average Bonchev–Trinajstić information content (AvgIpc) is 3.33. The highest BCUT2D eigenvalue weighted by molar-refractivity contribution is 7.86. The number of alkyl halides is 5. The fraction of sp³-hybridized carbons (Fsp3) is 0.941. The molecule has 8 atom stereocenters. The SMILES string of the molecule is O=C(COC1CC2CC1C1C3CCC(C3)C21)OC(C(F)(F)F)C(F)(F)S(=O)(=O)O. The molecule has 0 spiro atoms. The number of esters is 1. The van der Waals surface area contributed by atoms with Crippen LogP contribution in [0.4, 0.5) is 22.0 Å². The summed E-state index contributed by atoms with van der Waals surface area (Å²) >= 11 is 0. The number of fused-ring (bicyclic) bond motifs is 9. The van der Waals surface area contributed by atoms with Gasteiger partial charge in [-0.25, -0.2) is 4.79 Å². The second-order valence-electron chi connectivity index (χ2n) is 8.68. The maximum Gasteiger partial charge on any atom is 0.432 e. The smallest absolute Gasteiger partial charge is 0.432 e. The van der Waals surface area contributed by atoms with E-state index >= 15 is 0 Å². The summed E-state index contributed by atoms with van der Waals surface area (Å²) in [6, 6.07) is 0. The van der Waals surface area contributed by atoms with Crippen molar-refractivity contribution < 1.29 is 49.2 Å². The molecule has 0 aromatic rings. The average molecular weight is 448 g/mol. The second-order valence-corrected chi connectivity index (χ2v) is 10.2. The fourth-order valence-electron chi connectivity index (χ4n) is 6.50. The van der Waals surface area contributed by atoms with Crippen LogP contribution in [0.5, 0.6) is 0 Å². The summed E-state index contributed by atoms with van der Waals surface area (Å²) in [5.41, 5.74) is 0. The van der Waals surface area contributed by atoms with E-state index in [1.165, 1.54) is 12.8 Å². The molecule has 0 radical (unpaired) electrons. The normalized spacial score (nSPS) is 39.6. The molecule has 166 valence electrons. The lowest BCUT2D eigenvalue weighted by atomic mass is 9.70. The molecule has 6 nitrogen and oxygen atoms in total. The van der Waals surface area contributed by atoms with Crippen LogP contribution in [0.2, 0.25) is 0 Å². The molecule has 0 heterocycles. The van der Waals surface area contributed by atoms with Gasteiger partial charge in [-0.3, -0.25) is 4.55 Å². The van der Waals surface area contributed by atoms with Gasteiger partial charge in [0.05, 0.1) is 6.10 Å². The molecule has 29 heavy (non-hydrogen) atoms. The third kappa shape index (κ3) is 3.44. The topological polar surface area (TPSA) is 89.9 Å². The summed E-state index contributed by atoms with van der Waals surface area (Å²) in [4.78, 5) is 11.7. The molecule has 0 aromatic heterocycles. The van der Waals surface area contributed by atoms with Gasteiger partial charge in [0, 0.05) is 0 Å². The minimum atomic E-state index is -6.45. The van der Waals surface area contributed by atoms with Crippen molar-refractivity contribution >= 4 is 16.1 Å². The van der Waals surface area contributed by atoms with E-state index in [2.05, 4.69) is 4.74 Å². The lowest BCUT2D eigenvalue weighted by Crippen LogP contribution is -2.52. The fourth-order valence-corrected chi connectivity index (χ4v) is 6.95. The van der Waals surface area contributed by atoms with Gasteiger partial charge in [0.2, 0.25) is 0 Å². The quantitative estimate of drug-likeness (QED) is 0.291. The molecular weight excluding hydrogens is 427 g/mol. The number of hydrogen-bond acceptors (Lipinski definition) is 5. The molecule has 8 unspecified atom stereocenters. The Kier molecular flexibility index (Phi) is 4.94. The Hall–Kier alpha value is -1.01. The zero-order valence-electron chi connectivity index (χ0n) is 15.1.